The van der Waals surface area contributed by atoms with Crippen molar-refractivity contribution in [3.8, 4) is 0 Å². The number of hydrogen-bond acceptors (Lipinski definition) is 3. The second-order valence-corrected chi connectivity index (χ2v) is 4.21. The van der Waals surface area contributed by atoms with E-state index in [2.05, 4.69) is 5.32 Å². The van der Waals surface area contributed by atoms with Gasteiger partial charge in [-0.05, 0) is 26.7 Å². The first-order valence-corrected chi connectivity index (χ1v) is 4.58. The predicted octanol–water partition coefficient (Wildman–Crippen LogP) is 0.302. The summed E-state index contributed by atoms with van der Waals surface area (Å²) in [4.78, 5) is 21.5. The number of nitrogens with one attached hydrogen (secondary N) is 1. The second kappa shape index (κ2) is 3.57. The van der Waals surface area contributed by atoms with Crippen molar-refractivity contribution >= 4 is 11.9 Å². The fourth-order valence-electron chi connectivity index (χ4n) is 1.66. The summed E-state index contributed by atoms with van der Waals surface area (Å²) in [7, 11) is 0. The molecule has 80 valence electrons. The molecule has 0 amide bonds. The van der Waals surface area contributed by atoms with E-state index in [-0.39, 0.29) is 6.04 Å². The number of carboxylic acids is 2. The highest BCUT2D eigenvalue weighted by molar-refractivity contribution is 5.76. The zero-order chi connectivity index (χ0) is 10.9. The van der Waals surface area contributed by atoms with Crippen molar-refractivity contribution in [2.24, 2.45) is 5.41 Å². The first-order valence-electron chi connectivity index (χ1n) is 4.58. The van der Waals surface area contributed by atoms with Crippen LogP contribution in [0.5, 0.6) is 0 Å². The van der Waals surface area contributed by atoms with Crippen LogP contribution < -0.4 is 5.32 Å². The number of carbonyl (C=O) groups is 2. The van der Waals surface area contributed by atoms with E-state index < -0.39 is 23.4 Å². The van der Waals surface area contributed by atoms with E-state index in [1.165, 1.54) is 0 Å². The lowest BCUT2D eigenvalue weighted by atomic mass is 9.84. The first kappa shape index (κ1) is 11.0. The van der Waals surface area contributed by atoms with Gasteiger partial charge in [-0.3, -0.25) is 9.59 Å². The van der Waals surface area contributed by atoms with Crippen LogP contribution in [-0.4, -0.2) is 34.2 Å². The normalized spacial score (nSPS) is 27.6. The van der Waals surface area contributed by atoms with Gasteiger partial charge in [-0.1, -0.05) is 0 Å². The summed E-state index contributed by atoms with van der Waals surface area (Å²) < 4.78 is 0. The van der Waals surface area contributed by atoms with Crippen molar-refractivity contribution in [1.29, 1.82) is 0 Å². The summed E-state index contributed by atoms with van der Waals surface area (Å²) >= 11 is 0. The Kier molecular flexibility index (Phi) is 2.80. The van der Waals surface area contributed by atoms with E-state index in [1.54, 1.807) is 13.8 Å². The maximum atomic E-state index is 10.9. The molecule has 0 radical (unpaired) electrons. The van der Waals surface area contributed by atoms with Gasteiger partial charge in [-0.25, -0.2) is 0 Å². The Bertz CT molecular complexity index is 262. The lowest BCUT2D eigenvalue weighted by Gasteiger charge is -2.27. The monoisotopic (exact) mass is 201 g/mol. The van der Waals surface area contributed by atoms with Crippen LogP contribution in [0.2, 0.25) is 0 Å². The van der Waals surface area contributed by atoms with Gasteiger partial charge in [0.1, 0.15) is 6.04 Å². The summed E-state index contributed by atoms with van der Waals surface area (Å²) in [6, 6.07) is -0.861. The van der Waals surface area contributed by atoms with Crippen LogP contribution >= 0.6 is 0 Å². The van der Waals surface area contributed by atoms with Gasteiger partial charge in [0.15, 0.2) is 0 Å². The molecular formula is C9H15NO4. The predicted molar refractivity (Wildman–Crippen MR) is 49.0 cm³/mol. The molecule has 1 saturated heterocycles. The summed E-state index contributed by atoms with van der Waals surface area (Å²) in [6.45, 7) is 3.22. The smallest absolute Gasteiger partial charge is 0.320 e. The molecule has 5 heteroatoms. The lowest BCUT2D eigenvalue weighted by molar-refractivity contribution is -0.149. The zero-order valence-electron chi connectivity index (χ0n) is 8.28. The molecule has 1 aliphatic rings. The Morgan fingerprint density at radius 3 is 2.21 bits per heavy atom. The van der Waals surface area contributed by atoms with Crippen LogP contribution in [0, 0.1) is 5.41 Å². The minimum absolute atomic E-state index is 0.263. The SMILES string of the molecule is CC(C)(C(=O)O)[C@@H]1CC[C@@H](C(=O)O)N1. The number of aliphatic carboxylic acids is 2. The molecule has 14 heavy (non-hydrogen) atoms. The molecule has 0 aromatic carbocycles. The van der Waals surface area contributed by atoms with E-state index in [0.717, 1.165) is 0 Å². The van der Waals surface area contributed by atoms with Crippen LogP contribution in [0.15, 0.2) is 0 Å². The highest BCUT2D eigenvalue weighted by atomic mass is 16.4. The van der Waals surface area contributed by atoms with Gasteiger partial charge < -0.3 is 15.5 Å². The standard InChI is InChI=1S/C9H15NO4/c1-9(2,8(13)14)6-4-3-5(10-6)7(11)12/h5-6,10H,3-4H2,1-2H3,(H,11,12)(H,13,14)/t5-,6-/m0/s1. The quantitative estimate of drug-likeness (QED) is 0.611. The molecule has 1 aliphatic heterocycles. The van der Waals surface area contributed by atoms with Crippen LogP contribution in [0.4, 0.5) is 0 Å². The van der Waals surface area contributed by atoms with Crippen molar-refractivity contribution in [3.63, 3.8) is 0 Å². The Balaban J connectivity index is 2.66. The van der Waals surface area contributed by atoms with Gasteiger partial charge in [0, 0.05) is 6.04 Å². The fourth-order valence-corrected chi connectivity index (χ4v) is 1.66. The number of rotatable bonds is 3. The third kappa shape index (κ3) is 1.87. The molecule has 1 rings (SSSR count). The number of hydrogen-bond donors (Lipinski definition) is 3. The zero-order valence-corrected chi connectivity index (χ0v) is 8.28. The Morgan fingerprint density at radius 2 is 1.86 bits per heavy atom. The molecule has 1 heterocycles. The molecule has 0 aliphatic carbocycles. The van der Waals surface area contributed by atoms with Crippen LogP contribution in [-0.2, 0) is 9.59 Å². The molecule has 0 bridgehead atoms. The van der Waals surface area contributed by atoms with E-state index in [0.29, 0.717) is 12.8 Å². The minimum Gasteiger partial charge on any atom is -0.481 e. The average molecular weight is 201 g/mol. The third-order valence-electron chi connectivity index (χ3n) is 2.87. The summed E-state index contributed by atoms with van der Waals surface area (Å²) in [5.41, 5.74) is -0.913. The molecule has 0 unspecified atom stereocenters. The maximum absolute atomic E-state index is 10.9. The van der Waals surface area contributed by atoms with Crippen molar-refractivity contribution < 1.29 is 19.8 Å². The minimum atomic E-state index is -0.913. The van der Waals surface area contributed by atoms with Crippen LogP contribution in [0.3, 0.4) is 0 Å². The third-order valence-corrected chi connectivity index (χ3v) is 2.87. The Morgan fingerprint density at radius 1 is 1.29 bits per heavy atom. The van der Waals surface area contributed by atoms with Crippen molar-refractivity contribution in [3.05, 3.63) is 0 Å². The molecule has 0 saturated carbocycles. The van der Waals surface area contributed by atoms with Gasteiger partial charge in [-0.15, -0.1) is 0 Å². The van der Waals surface area contributed by atoms with E-state index in [1.807, 2.05) is 0 Å². The summed E-state index contributed by atoms with van der Waals surface area (Å²) in [5.74, 6) is -1.81. The first-order chi connectivity index (χ1) is 6.35. The maximum Gasteiger partial charge on any atom is 0.320 e. The summed E-state index contributed by atoms with van der Waals surface area (Å²) in [5, 5.41) is 20.5. The van der Waals surface area contributed by atoms with Gasteiger partial charge in [-0.2, -0.15) is 0 Å². The number of carboxylic acid groups (broad SMARTS) is 2. The Labute approximate surface area is 82.1 Å². The van der Waals surface area contributed by atoms with Gasteiger partial charge >= 0.3 is 11.9 Å². The van der Waals surface area contributed by atoms with E-state index in [9.17, 15) is 9.59 Å². The molecule has 0 spiro atoms. The van der Waals surface area contributed by atoms with Crippen LogP contribution in [0.1, 0.15) is 26.7 Å². The average Bonchev–Trinajstić information content (AvgIpc) is 2.51. The fraction of sp³-hybridized carbons (Fsp3) is 0.778. The molecule has 5 nitrogen and oxygen atoms in total. The van der Waals surface area contributed by atoms with Crippen LogP contribution in [0.25, 0.3) is 0 Å². The summed E-state index contributed by atoms with van der Waals surface area (Å²) in [6.07, 6.45) is 1.09. The highest BCUT2D eigenvalue weighted by Gasteiger charge is 2.42. The topological polar surface area (TPSA) is 86.6 Å². The molecular weight excluding hydrogens is 186 g/mol. The van der Waals surface area contributed by atoms with E-state index in [4.69, 9.17) is 10.2 Å². The van der Waals surface area contributed by atoms with Crippen molar-refractivity contribution in [1.82, 2.24) is 5.32 Å². The van der Waals surface area contributed by atoms with Crippen molar-refractivity contribution in [2.45, 2.75) is 38.8 Å². The molecule has 2 atom stereocenters. The molecule has 0 aromatic rings. The van der Waals surface area contributed by atoms with Crippen molar-refractivity contribution in [2.75, 3.05) is 0 Å². The van der Waals surface area contributed by atoms with Gasteiger partial charge in [0.25, 0.3) is 0 Å². The van der Waals surface area contributed by atoms with Gasteiger partial charge in [0.05, 0.1) is 5.41 Å². The van der Waals surface area contributed by atoms with Gasteiger partial charge in [0.2, 0.25) is 0 Å². The van der Waals surface area contributed by atoms with E-state index >= 15 is 0 Å². The molecule has 3 N–H and O–H groups in total. The second-order valence-electron chi connectivity index (χ2n) is 4.21. The lowest BCUT2D eigenvalue weighted by Crippen LogP contribution is -2.46. The largest absolute Gasteiger partial charge is 0.481 e. The molecule has 0 aromatic heterocycles. The molecule has 1 fully saturated rings. The highest BCUT2D eigenvalue weighted by Crippen LogP contribution is 2.29. The Hall–Kier alpha value is -1.10.